The number of carbonyl (C=O) groups excluding carboxylic acids is 1. The molecule has 0 amide bonds. The minimum Gasteiger partial charge on any atom is -0.481 e. The van der Waals surface area contributed by atoms with Gasteiger partial charge in [-0.1, -0.05) is 19.1 Å². The summed E-state index contributed by atoms with van der Waals surface area (Å²) in [5.74, 6) is -4.29. The summed E-state index contributed by atoms with van der Waals surface area (Å²) in [7, 11) is 0. The van der Waals surface area contributed by atoms with E-state index in [1.54, 1.807) is 13.8 Å². The Morgan fingerprint density at radius 1 is 1.33 bits per heavy atom. The Labute approximate surface area is 104 Å². The van der Waals surface area contributed by atoms with Crippen molar-refractivity contribution < 1.29 is 23.8 Å². The van der Waals surface area contributed by atoms with Gasteiger partial charge < -0.3 is 9.84 Å². The Morgan fingerprint density at radius 3 is 2.33 bits per heavy atom. The van der Waals surface area contributed by atoms with Crippen LogP contribution in [0.5, 0.6) is 0 Å². The molecule has 0 heterocycles. The molecule has 1 rings (SSSR count). The second kappa shape index (κ2) is 6.14. The molecule has 0 aliphatic carbocycles. The number of esters is 1. The van der Waals surface area contributed by atoms with Gasteiger partial charge in [-0.05, 0) is 24.6 Å². The Hall–Kier alpha value is -1.91. The van der Waals surface area contributed by atoms with Gasteiger partial charge in [-0.2, -0.15) is 0 Å². The van der Waals surface area contributed by atoms with E-state index in [2.05, 4.69) is 0 Å². The van der Waals surface area contributed by atoms with Crippen molar-refractivity contribution in [3.05, 3.63) is 35.6 Å². The fraction of sp³-hybridized carbons (Fsp3) is 0.385. The minimum atomic E-state index is -1.28. The molecule has 0 unspecified atom stereocenters. The maximum Gasteiger partial charge on any atom is 0.320 e. The smallest absolute Gasteiger partial charge is 0.320 e. The number of aliphatic carboxylic acids is 1. The lowest BCUT2D eigenvalue weighted by Crippen LogP contribution is -2.30. The van der Waals surface area contributed by atoms with E-state index < -0.39 is 29.6 Å². The number of hydrogen-bond donors (Lipinski definition) is 1. The molecule has 0 saturated carbocycles. The van der Waals surface area contributed by atoms with Gasteiger partial charge in [0, 0.05) is 5.92 Å². The molecule has 1 aromatic rings. The Balaban J connectivity index is 2.95. The number of benzene rings is 1. The van der Waals surface area contributed by atoms with Crippen LogP contribution < -0.4 is 0 Å². The molecular formula is C13H15FO4. The van der Waals surface area contributed by atoms with Gasteiger partial charge in [-0.25, -0.2) is 4.39 Å². The standard InChI is InChI=1S/C13H15FO4/c1-3-18-13(17)11(12(15)16)8(2)9-4-6-10(14)7-5-9/h4-8,11H,3H2,1-2H3,(H,15,16)/t8-,11+/m0/s1. The molecule has 18 heavy (non-hydrogen) atoms. The summed E-state index contributed by atoms with van der Waals surface area (Å²) in [6.45, 7) is 3.33. The van der Waals surface area contributed by atoms with Crippen LogP contribution >= 0.6 is 0 Å². The first-order valence-electron chi connectivity index (χ1n) is 5.62. The first kappa shape index (κ1) is 14.2. The fourth-order valence-corrected chi connectivity index (χ4v) is 1.71. The van der Waals surface area contributed by atoms with Gasteiger partial charge in [-0.15, -0.1) is 0 Å². The molecular weight excluding hydrogens is 239 g/mol. The molecule has 0 aliphatic heterocycles. The Morgan fingerprint density at radius 2 is 1.89 bits per heavy atom. The van der Waals surface area contributed by atoms with Crippen molar-refractivity contribution >= 4 is 11.9 Å². The molecule has 0 saturated heterocycles. The molecule has 0 aromatic heterocycles. The topological polar surface area (TPSA) is 63.6 Å². The lowest BCUT2D eigenvalue weighted by Gasteiger charge is -2.18. The molecule has 4 nitrogen and oxygen atoms in total. The second-order valence-electron chi connectivity index (χ2n) is 3.91. The van der Waals surface area contributed by atoms with Gasteiger partial charge in [0.25, 0.3) is 0 Å². The van der Waals surface area contributed by atoms with Crippen LogP contribution in [0.1, 0.15) is 25.3 Å². The van der Waals surface area contributed by atoms with E-state index in [1.807, 2.05) is 0 Å². The van der Waals surface area contributed by atoms with Crippen LogP contribution in [0, 0.1) is 11.7 Å². The molecule has 0 fully saturated rings. The third-order valence-electron chi connectivity index (χ3n) is 2.70. The summed E-state index contributed by atoms with van der Waals surface area (Å²) in [4.78, 5) is 22.7. The number of carbonyl (C=O) groups is 2. The number of ether oxygens (including phenoxy) is 1. The van der Waals surface area contributed by atoms with Crippen LogP contribution in [0.4, 0.5) is 4.39 Å². The highest BCUT2D eigenvalue weighted by molar-refractivity contribution is 5.95. The van der Waals surface area contributed by atoms with Crippen molar-refractivity contribution in [2.75, 3.05) is 6.61 Å². The highest BCUT2D eigenvalue weighted by Gasteiger charge is 2.34. The molecule has 98 valence electrons. The van der Waals surface area contributed by atoms with E-state index in [0.717, 1.165) is 0 Å². The molecule has 0 aliphatic rings. The normalized spacial score (nSPS) is 13.7. The Kier molecular flexibility index (Phi) is 4.83. The molecule has 1 aromatic carbocycles. The van der Waals surface area contributed by atoms with Crippen LogP contribution in [0.15, 0.2) is 24.3 Å². The summed E-state index contributed by atoms with van der Waals surface area (Å²) in [5, 5.41) is 9.08. The number of rotatable bonds is 5. The number of carboxylic acid groups (broad SMARTS) is 1. The van der Waals surface area contributed by atoms with Crippen molar-refractivity contribution in [1.29, 1.82) is 0 Å². The van der Waals surface area contributed by atoms with Crippen LogP contribution in [0.2, 0.25) is 0 Å². The van der Waals surface area contributed by atoms with Crippen molar-refractivity contribution in [3.63, 3.8) is 0 Å². The number of halogens is 1. The third-order valence-corrected chi connectivity index (χ3v) is 2.70. The number of carboxylic acids is 1. The second-order valence-corrected chi connectivity index (χ2v) is 3.91. The summed E-state index contributed by atoms with van der Waals surface area (Å²) in [6, 6.07) is 5.40. The van der Waals surface area contributed by atoms with Crippen LogP contribution in [-0.2, 0) is 14.3 Å². The monoisotopic (exact) mass is 254 g/mol. The van der Waals surface area contributed by atoms with E-state index >= 15 is 0 Å². The predicted molar refractivity (Wildman–Crippen MR) is 62.6 cm³/mol. The lowest BCUT2D eigenvalue weighted by molar-refractivity contribution is -0.159. The van der Waals surface area contributed by atoms with E-state index in [-0.39, 0.29) is 6.61 Å². The van der Waals surface area contributed by atoms with Crippen LogP contribution in [0.25, 0.3) is 0 Å². The van der Waals surface area contributed by atoms with E-state index in [9.17, 15) is 14.0 Å². The van der Waals surface area contributed by atoms with Crippen molar-refractivity contribution in [2.45, 2.75) is 19.8 Å². The van der Waals surface area contributed by atoms with E-state index in [1.165, 1.54) is 24.3 Å². The largest absolute Gasteiger partial charge is 0.481 e. The van der Waals surface area contributed by atoms with Crippen LogP contribution in [0.3, 0.4) is 0 Å². The van der Waals surface area contributed by atoms with E-state index in [0.29, 0.717) is 5.56 Å². The first-order valence-corrected chi connectivity index (χ1v) is 5.62. The first-order chi connectivity index (χ1) is 8.47. The summed E-state index contributed by atoms with van der Waals surface area (Å²) < 4.78 is 17.5. The van der Waals surface area contributed by atoms with Gasteiger partial charge in [0.2, 0.25) is 0 Å². The molecule has 0 radical (unpaired) electrons. The zero-order valence-corrected chi connectivity index (χ0v) is 10.2. The van der Waals surface area contributed by atoms with E-state index in [4.69, 9.17) is 9.84 Å². The van der Waals surface area contributed by atoms with Gasteiger partial charge in [0.05, 0.1) is 6.61 Å². The maximum absolute atomic E-state index is 12.8. The predicted octanol–water partition coefficient (Wildman–Crippen LogP) is 2.19. The average molecular weight is 254 g/mol. The van der Waals surface area contributed by atoms with Gasteiger partial charge in [0.15, 0.2) is 5.92 Å². The Bertz CT molecular complexity index is 427. The number of hydrogen-bond acceptors (Lipinski definition) is 3. The van der Waals surface area contributed by atoms with Crippen molar-refractivity contribution in [1.82, 2.24) is 0 Å². The molecule has 5 heteroatoms. The van der Waals surface area contributed by atoms with Crippen LogP contribution in [-0.4, -0.2) is 23.7 Å². The highest BCUT2D eigenvalue weighted by atomic mass is 19.1. The minimum absolute atomic E-state index is 0.124. The zero-order chi connectivity index (χ0) is 13.7. The average Bonchev–Trinajstić information content (AvgIpc) is 2.29. The lowest BCUT2D eigenvalue weighted by atomic mass is 9.87. The summed E-state index contributed by atoms with van der Waals surface area (Å²) in [5.41, 5.74) is 0.580. The SMILES string of the molecule is CCOC(=O)[C@@H](C(=O)O)[C@@H](C)c1ccc(F)cc1. The highest BCUT2D eigenvalue weighted by Crippen LogP contribution is 2.26. The quantitative estimate of drug-likeness (QED) is 0.646. The fourth-order valence-electron chi connectivity index (χ4n) is 1.71. The molecule has 0 bridgehead atoms. The van der Waals surface area contributed by atoms with Gasteiger partial charge >= 0.3 is 11.9 Å². The summed E-state index contributed by atoms with van der Waals surface area (Å²) in [6.07, 6.45) is 0. The molecule has 0 spiro atoms. The summed E-state index contributed by atoms with van der Waals surface area (Å²) >= 11 is 0. The van der Waals surface area contributed by atoms with Gasteiger partial charge in [-0.3, -0.25) is 9.59 Å². The third kappa shape index (κ3) is 3.29. The van der Waals surface area contributed by atoms with Crippen molar-refractivity contribution in [2.24, 2.45) is 5.92 Å². The van der Waals surface area contributed by atoms with Crippen molar-refractivity contribution in [3.8, 4) is 0 Å². The molecule has 2 atom stereocenters. The molecule has 1 N–H and O–H groups in total. The maximum atomic E-state index is 12.8. The van der Waals surface area contributed by atoms with Gasteiger partial charge in [0.1, 0.15) is 5.82 Å². The zero-order valence-electron chi connectivity index (χ0n) is 10.2.